The van der Waals surface area contributed by atoms with Gasteiger partial charge < -0.3 is 57.5 Å². The molecular weight excluding hydrogens is 1110 g/mol. The molecule has 12 nitrogen and oxygen atoms in total. The van der Waals surface area contributed by atoms with E-state index in [-0.39, 0.29) is 36.6 Å². The van der Waals surface area contributed by atoms with E-state index in [1.165, 1.54) is 0 Å². The maximum absolute atomic E-state index is 13.1. The molecule has 0 atom stereocenters. The van der Waals surface area contributed by atoms with E-state index in [9.17, 15) is 9.59 Å². The van der Waals surface area contributed by atoms with E-state index < -0.39 is 0 Å². The van der Waals surface area contributed by atoms with Crippen molar-refractivity contribution in [1.82, 2.24) is 20.6 Å². The number of halogens is 2. The number of benzene rings is 9. The molecule has 2 heterocycles. The summed E-state index contributed by atoms with van der Waals surface area (Å²) in [5, 5.41) is 13.6. The van der Waals surface area contributed by atoms with E-state index in [2.05, 4.69) is 153 Å². The first-order valence-electron chi connectivity index (χ1n) is 29.5. The maximum atomic E-state index is 13.1. The largest absolute Gasteiger partial charge is 1.00 e. The number of carbonyl (C=O) groups is 2. The molecule has 0 unspecified atom stereocenters. The predicted molar refractivity (Wildman–Crippen MR) is 345 cm³/mol. The summed E-state index contributed by atoms with van der Waals surface area (Å²) in [6.07, 6.45) is 8.04. The SMILES string of the molecule is Cc1cc2nc3cc(C)c(NCCCCCCNC(=O)c4ccc(-c5ccc(-c6ccc(C(=O)NCCCCCCNc7cc8c(cc7C)nc7cc(C)c(N)cc7[n+]8-c7ccccc7)cc6)cc5)cc4)cc3[n+](-c3ccccc3)c2cc1N.[Cl-].[Cl-]. The van der Waals surface area contributed by atoms with E-state index in [1.807, 2.05) is 86.6 Å². The Bertz CT molecular complexity index is 3910. The van der Waals surface area contributed by atoms with Gasteiger partial charge in [0.1, 0.15) is 22.1 Å². The highest BCUT2D eigenvalue weighted by Gasteiger charge is 2.24. The number of anilines is 4. The molecule has 2 amide bonds. The van der Waals surface area contributed by atoms with Crippen molar-refractivity contribution >= 4 is 78.7 Å². The van der Waals surface area contributed by atoms with Crippen LogP contribution in [0.3, 0.4) is 0 Å². The summed E-state index contributed by atoms with van der Waals surface area (Å²) in [5.74, 6) is -0.119. The Morgan fingerprint density at radius 3 is 1.02 bits per heavy atom. The topological polar surface area (TPSA) is 168 Å². The molecule has 0 bridgehead atoms. The first-order valence-corrected chi connectivity index (χ1v) is 29.5. The lowest BCUT2D eigenvalue weighted by molar-refractivity contribution is -0.538. The average Bonchev–Trinajstić information content (AvgIpc) is 0.885. The fourth-order valence-corrected chi connectivity index (χ4v) is 11.2. The van der Waals surface area contributed by atoms with Gasteiger partial charge in [-0.25, -0.2) is 9.97 Å². The fraction of sp³-hybridized carbons (Fsp3) is 0.222. The zero-order valence-electron chi connectivity index (χ0n) is 49.3. The second-order valence-corrected chi connectivity index (χ2v) is 22.2. The standard InChI is InChI=1S/C72H72N10O2.2ClH/c1-47-39-63-67(43-59(47)73)81(57-19-11-9-12-20-57)69-45-61(49(3)41-65(69)79-63)75-35-15-5-7-17-37-77-71(83)55-31-27-53(28-32-55)51-23-25-52(26-24-51)54-29-33-56(34-30-54)72(84)78-38-18-8-6-16-36-76-62-46-70-66(42-50(62)4)80-64-40-48(2)60(74)44-68(64)82(70)58-21-13-10-14-22-58;;/h9-14,19-34,39-46H,5-8,15-18,35-38H2,1-4H3,(H6,73,74,75,76,77,78,83,84);2*1H. The van der Waals surface area contributed by atoms with Crippen LogP contribution in [0.5, 0.6) is 0 Å². The van der Waals surface area contributed by atoms with Gasteiger partial charge in [-0.05, 0) is 146 Å². The van der Waals surface area contributed by atoms with Crippen LogP contribution in [0.1, 0.15) is 94.3 Å². The molecule has 0 spiro atoms. The molecule has 2 aromatic heterocycles. The van der Waals surface area contributed by atoms with Crippen LogP contribution in [0, 0.1) is 27.7 Å². The first kappa shape index (κ1) is 61.5. The number of carbonyl (C=O) groups excluding carboxylic acids is 2. The first-order chi connectivity index (χ1) is 40.9. The molecule has 0 aliphatic carbocycles. The van der Waals surface area contributed by atoms with Gasteiger partial charge in [-0.1, -0.05) is 111 Å². The highest BCUT2D eigenvalue weighted by atomic mass is 35.5. The Labute approximate surface area is 516 Å². The minimum absolute atomic E-state index is 0. The maximum Gasteiger partial charge on any atom is 0.251 e. The van der Waals surface area contributed by atoms with Crippen molar-refractivity contribution in [1.29, 1.82) is 0 Å². The number of hydrogen-bond donors (Lipinski definition) is 6. The normalized spacial score (nSPS) is 11.1. The third-order valence-corrected chi connectivity index (χ3v) is 16.1. The number of rotatable bonds is 22. The van der Waals surface area contributed by atoms with Crippen LogP contribution in [-0.2, 0) is 0 Å². The number of para-hydroxylation sites is 2. The van der Waals surface area contributed by atoms with Crippen LogP contribution >= 0.6 is 0 Å². The number of aryl methyl sites for hydroxylation is 4. The van der Waals surface area contributed by atoms with Crippen LogP contribution in [0.2, 0.25) is 0 Å². The highest BCUT2D eigenvalue weighted by Crippen LogP contribution is 2.30. The van der Waals surface area contributed by atoms with Gasteiger partial charge >= 0.3 is 0 Å². The summed E-state index contributed by atoms with van der Waals surface area (Å²) >= 11 is 0. The quantitative estimate of drug-likeness (QED) is 0.0171. The number of fused-ring (bicyclic) bond motifs is 4. The van der Waals surface area contributed by atoms with E-state index in [4.69, 9.17) is 21.4 Å². The molecule has 0 radical (unpaired) electrons. The summed E-state index contributed by atoms with van der Waals surface area (Å²) in [6.45, 7) is 11.3. The van der Waals surface area contributed by atoms with Gasteiger partial charge in [0.05, 0.1) is 0 Å². The molecule has 0 aliphatic rings. The molecule has 0 aliphatic heterocycles. The van der Waals surface area contributed by atoms with Crippen molar-refractivity contribution in [2.75, 3.05) is 48.3 Å². The zero-order valence-corrected chi connectivity index (χ0v) is 50.8. The highest BCUT2D eigenvalue weighted by molar-refractivity contribution is 5.96. The van der Waals surface area contributed by atoms with Gasteiger partial charge in [0.15, 0.2) is 0 Å². The third kappa shape index (κ3) is 14.0. The van der Waals surface area contributed by atoms with E-state index in [0.717, 1.165) is 187 Å². The molecule has 0 fully saturated rings. The molecule has 9 aromatic carbocycles. The predicted octanol–water partition coefficient (Wildman–Crippen LogP) is 8.19. The van der Waals surface area contributed by atoms with Gasteiger partial charge in [-0.15, -0.1) is 9.13 Å². The van der Waals surface area contributed by atoms with Crippen molar-refractivity contribution in [3.8, 4) is 33.6 Å². The molecular formula is C72H74Cl2N10O2. The number of unbranched alkanes of at least 4 members (excludes halogenated alkanes) is 6. The number of hydrogen-bond acceptors (Lipinski definition) is 8. The molecule has 438 valence electrons. The molecule has 86 heavy (non-hydrogen) atoms. The number of nitrogens with two attached hydrogens (primary N) is 2. The Morgan fingerprint density at radius 1 is 0.372 bits per heavy atom. The number of nitrogen functional groups attached to an aromatic ring is 2. The molecule has 11 rings (SSSR count). The molecule has 14 heteroatoms. The van der Waals surface area contributed by atoms with Gasteiger partial charge in [-0.3, -0.25) is 9.59 Å². The molecule has 0 saturated heterocycles. The third-order valence-electron chi connectivity index (χ3n) is 16.1. The summed E-state index contributed by atoms with van der Waals surface area (Å²) in [4.78, 5) is 36.3. The average molecular weight is 1180 g/mol. The molecule has 8 N–H and O–H groups in total. The number of nitrogens with one attached hydrogen (secondary N) is 4. The van der Waals surface area contributed by atoms with Gasteiger partial charge in [0.2, 0.25) is 33.4 Å². The van der Waals surface area contributed by atoms with Crippen LogP contribution in [-0.4, -0.2) is 48.0 Å². The monoisotopic (exact) mass is 1180 g/mol. The van der Waals surface area contributed by atoms with Crippen molar-refractivity contribution in [3.63, 3.8) is 0 Å². The number of aromatic nitrogens is 4. The Kier molecular flexibility index (Phi) is 20.1. The van der Waals surface area contributed by atoms with E-state index in [1.54, 1.807) is 0 Å². The second kappa shape index (κ2) is 28.2. The van der Waals surface area contributed by atoms with Crippen molar-refractivity contribution in [2.45, 2.75) is 79.1 Å². The molecule has 0 saturated carbocycles. The van der Waals surface area contributed by atoms with Gasteiger partial charge in [0, 0.05) is 109 Å². The lowest BCUT2D eigenvalue weighted by Crippen LogP contribution is -3.00. The number of amides is 2. The fourth-order valence-electron chi connectivity index (χ4n) is 11.2. The molecule has 11 aromatic rings. The van der Waals surface area contributed by atoms with Gasteiger partial charge in [-0.2, -0.15) is 0 Å². The van der Waals surface area contributed by atoms with Crippen LogP contribution in [0.25, 0.3) is 77.8 Å². The Morgan fingerprint density at radius 2 is 0.674 bits per heavy atom. The summed E-state index contributed by atoms with van der Waals surface area (Å²) in [7, 11) is 0. The summed E-state index contributed by atoms with van der Waals surface area (Å²) in [6, 6.07) is 61.6. The minimum atomic E-state index is -0.0596. The lowest BCUT2D eigenvalue weighted by Gasteiger charge is -2.12. The Balaban J connectivity index is 0.00000442. The van der Waals surface area contributed by atoms with Crippen molar-refractivity contribution in [2.24, 2.45) is 0 Å². The smallest absolute Gasteiger partial charge is 0.251 e. The second-order valence-electron chi connectivity index (χ2n) is 22.2. The lowest BCUT2D eigenvalue weighted by atomic mass is 9.99. The number of nitrogens with zero attached hydrogens (tertiary/aromatic N) is 4. The van der Waals surface area contributed by atoms with Crippen LogP contribution < -0.4 is 66.7 Å². The van der Waals surface area contributed by atoms with Crippen molar-refractivity contribution < 1.29 is 43.5 Å². The van der Waals surface area contributed by atoms with Crippen LogP contribution in [0.15, 0.2) is 182 Å². The zero-order chi connectivity index (χ0) is 58.1. The van der Waals surface area contributed by atoms with Crippen LogP contribution in [0.4, 0.5) is 22.7 Å². The minimum Gasteiger partial charge on any atom is -1.00 e. The van der Waals surface area contributed by atoms with Gasteiger partial charge in [0.25, 0.3) is 11.8 Å². The van der Waals surface area contributed by atoms with Crippen molar-refractivity contribution in [3.05, 3.63) is 215 Å². The summed E-state index contributed by atoms with van der Waals surface area (Å²) in [5.41, 5.74) is 36.1. The van der Waals surface area contributed by atoms with E-state index >= 15 is 0 Å². The Hall–Kier alpha value is -9.10. The van der Waals surface area contributed by atoms with E-state index in [0.29, 0.717) is 24.2 Å². The summed E-state index contributed by atoms with van der Waals surface area (Å²) < 4.78 is 4.50.